The fraction of sp³-hybridized carbons (Fsp3) is 0.455. The second kappa shape index (κ2) is 5.35. The van der Waals surface area contributed by atoms with Crippen molar-refractivity contribution in [3.05, 3.63) is 29.8 Å². The summed E-state index contributed by atoms with van der Waals surface area (Å²) in [7, 11) is 0. The van der Waals surface area contributed by atoms with Crippen LogP contribution in [-0.4, -0.2) is 24.0 Å². The normalized spacial score (nSPS) is 21.3. The zero-order chi connectivity index (χ0) is 9.97. The van der Waals surface area contributed by atoms with Gasteiger partial charge in [0.2, 0.25) is 0 Å². The first-order valence-corrected chi connectivity index (χ1v) is 5.06. The van der Waals surface area contributed by atoms with Gasteiger partial charge in [-0.2, -0.15) is 0 Å². The molecule has 1 aliphatic heterocycles. The minimum Gasteiger partial charge on any atom is -0.399 e. The Morgan fingerprint density at radius 2 is 2.20 bits per heavy atom. The number of anilines is 1. The van der Waals surface area contributed by atoms with E-state index in [1.165, 1.54) is 5.56 Å². The Balaban J connectivity index is 0.00000112. The monoisotopic (exact) mass is 227 g/mol. The van der Waals surface area contributed by atoms with Crippen molar-refractivity contribution in [3.63, 3.8) is 0 Å². The van der Waals surface area contributed by atoms with Crippen LogP contribution in [0, 0.1) is 0 Å². The highest BCUT2D eigenvalue weighted by molar-refractivity contribution is 5.85. The zero-order valence-corrected chi connectivity index (χ0v) is 9.54. The van der Waals surface area contributed by atoms with Gasteiger partial charge in [-0.3, -0.25) is 4.90 Å². The molecule has 1 aromatic carbocycles. The molecule has 0 amide bonds. The molecule has 4 heteroatoms. The zero-order valence-electron chi connectivity index (χ0n) is 8.73. The quantitative estimate of drug-likeness (QED) is 0.748. The summed E-state index contributed by atoms with van der Waals surface area (Å²) in [5.41, 5.74) is 13.7. The van der Waals surface area contributed by atoms with Gasteiger partial charge in [0.15, 0.2) is 0 Å². The molecule has 1 atom stereocenters. The van der Waals surface area contributed by atoms with Crippen LogP contribution in [0.3, 0.4) is 0 Å². The predicted octanol–water partition coefficient (Wildman–Crippen LogP) is 1.22. The van der Waals surface area contributed by atoms with Gasteiger partial charge in [0.1, 0.15) is 0 Å². The van der Waals surface area contributed by atoms with Gasteiger partial charge in [-0.05, 0) is 24.1 Å². The van der Waals surface area contributed by atoms with Crippen LogP contribution in [0.1, 0.15) is 12.0 Å². The number of halogens is 1. The van der Waals surface area contributed by atoms with Crippen LogP contribution in [0.5, 0.6) is 0 Å². The van der Waals surface area contributed by atoms with Crippen molar-refractivity contribution in [1.29, 1.82) is 0 Å². The maximum atomic E-state index is 5.84. The summed E-state index contributed by atoms with van der Waals surface area (Å²) >= 11 is 0. The molecule has 0 radical (unpaired) electrons. The number of rotatable bonds is 2. The summed E-state index contributed by atoms with van der Waals surface area (Å²) < 4.78 is 0. The smallest absolute Gasteiger partial charge is 0.0317 e. The van der Waals surface area contributed by atoms with Gasteiger partial charge in [0.05, 0.1) is 0 Å². The standard InChI is InChI=1S/C11H17N3.ClH/c12-10-3-1-2-9(6-10)7-14-5-4-11(13)8-14;/h1-3,6,11H,4-5,7-8,12-13H2;1H. The summed E-state index contributed by atoms with van der Waals surface area (Å²) in [6.45, 7) is 3.09. The molecule has 3 nitrogen and oxygen atoms in total. The average Bonchev–Trinajstić information content (AvgIpc) is 2.51. The predicted molar refractivity (Wildman–Crippen MR) is 66.0 cm³/mol. The average molecular weight is 228 g/mol. The van der Waals surface area contributed by atoms with Crippen LogP contribution in [0.15, 0.2) is 24.3 Å². The number of nitrogens with zero attached hydrogens (tertiary/aromatic N) is 1. The van der Waals surface area contributed by atoms with E-state index in [1.807, 2.05) is 18.2 Å². The maximum Gasteiger partial charge on any atom is 0.0317 e. The minimum atomic E-state index is 0. The topological polar surface area (TPSA) is 55.3 Å². The molecule has 1 fully saturated rings. The van der Waals surface area contributed by atoms with Gasteiger partial charge >= 0.3 is 0 Å². The first kappa shape index (κ1) is 12.3. The Bertz CT molecular complexity index is 316. The third-order valence-corrected chi connectivity index (χ3v) is 2.67. The molecule has 0 spiro atoms. The van der Waals surface area contributed by atoms with Crippen LogP contribution >= 0.6 is 12.4 Å². The number of nitrogen functional groups attached to an aromatic ring is 1. The van der Waals surface area contributed by atoms with Crippen molar-refractivity contribution in [2.24, 2.45) is 5.73 Å². The molecule has 4 N–H and O–H groups in total. The molecule has 0 saturated carbocycles. The van der Waals surface area contributed by atoms with Gasteiger partial charge in [-0.15, -0.1) is 12.4 Å². The van der Waals surface area contributed by atoms with E-state index < -0.39 is 0 Å². The van der Waals surface area contributed by atoms with Crippen molar-refractivity contribution in [1.82, 2.24) is 4.90 Å². The summed E-state index contributed by atoms with van der Waals surface area (Å²) in [6, 6.07) is 8.42. The number of hydrogen-bond donors (Lipinski definition) is 2. The molecule has 15 heavy (non-hydrogen) atoms. The second-order valence-electron chi connectivity index (χ2n) is 4.03. The minimum absolute atomic E-state index is 0. The van der Waals surface area contributed by atoms with E-state index in [1.54, 1.807) is 0 Å². The second-order valence-corrected chi connectivity index (χ2v) is 4.03. The highest BCUT2D eigenvalue weighted by Crippen LogP contribution is 2.13. The number of hydrogen-bond acceptors (Lipinski definition) is 3. The Hall–Kier alpha value is -0.770. The molecule has 1 aliphatic rings. The van der Waals surface area contributed by atoms with E-state index in [4.69, 9.17) is 11.5 Å². The summed E-state index contributed by atoms with van der Waals surface area (Å²) in [5, 5.41) is 0. The molecule has 1 unspecified atom stereocenters. The lowest BCUT2D eigenvalue weighted by Gasteiger charge is -2.15. The largest absolute Gasteiger partial charge is 0.399 e. The van der Waals surface area contributed by atoms with E-state index >= 15 is 0 Å². The lowest BCUT2D eigenvalue weighted by atomic mass is 10.2. The van der Waals surface area contributed by atoms with Crippen LogP contribution < -0.4 is 11.5 Å². The summed E-state index contributed by atoms with van der Waals surface area (Å²) in [4.78, 5) is 2.37. The molecule has 0 bridgehead atoms. The van der Waals surface area contributed by atoms with Crippen LogP contribution in [0.2, 0.25) is 0 Å². The van der Waals surface area contributed by atoms with Gasteiger partial charge in [0.25, 0.3) is 0 Å². The Kier molecular flexibility index (Phi) is 4.39. The summed E-state index contributed by atoms with van der Waals surface area (Å²) in [5.74, 6) is 0. The first-order valence-electron chi connectivity index (χ1n) is 5.06. The van der Waals surface area contributed by atoms with Crippen LogP contribution in [0.4, 0.5) is 5.69 Å². The first-order chi connectivity index (χ1) is 6.74. The van der Waals surface area contributed by atoms with Gasteiger partial charge in [0, 0.05) is 31.4 Å². The molecule has 0 aromatic heterocycles. The number of nitrogens with two attached hydrogens (primary N) is 2. The lowest BCUT2D eigenvalue weighted by Crippen LogP contribution is -2.26. The molecule has 1 saturated heterocycles. The third-order valence-electron chi connectivity index (χ3n) is 2.67. The molecular formula is C11H18ClN3. The highest BCUT2D eigenvalue weighted by atomic mass is 35.5. The molecule has 0 aliphatic carbocycles. The van der Waals surface area contributed by atoms with E-state index in [0.29, 0.717) is 6.04 Å². The van der Waals surface area contributed by atoms with E-state index in [0.717, 1.165) is 31.7 Å². The van der Waals surface area contributed by atoms with Crippen molar-refractivity contribution < 1.29 is 0 Å². The third kappa shape index (κ3) is 3.38. The van der Waals surface area contributed by atoms with Crippen LogP contribution in [0.25, 0.3) is 0 Å². The van der Waals surface area contributed by atoms with E-state index in [-0.39, 0.29) is 12.4 Å². The molecule has 1 aromatic rings. The maximum absolute atomic E-state index is 5.84. The summed E-state index contributed by atoms with van der Waals surface area (Å²) in [6.07, 6.45) is 1.11. The van der Waals surface area contributed by atoms with Gasteiger partial charge in [-0.1, -0.05) is 12.1 Å². The Morgan fingerprint density at radius 3 is 2.80 bits per heavy atom. The van der Waals surface area contributed by atoms with Crippen LogP contribution in [-0.2, 0) is 6.54 Å². The Morgan fingerprint density at radius 1 is 1.40 bits per heavy atom. The van der Waals surface area contributed by atoms with E-state index in [9.17, 15) is 0 Å². The molecule has 1 heterocycles. The SMILES string of the molecule is Cl.Nc1cccc(CN2CCC(N)C2)c1. The number of likely N-dealkylation sites (tertiary alicyclic amines) is 1. The highest BCUT2D eigenvalue weighted by Gasteiger charge is 2.18. The van der Waals surface area contributed by atoms with Crippen molar-refractivity contribution in [2.75, 3.05) is 18.8 Å². The molecular weight excluding hydrogens is 210 g/mol. The fourth-order valence-corrected chi connectivity index (χ4v) is 1.96. The van der Waals surface area contributed by atoms with Gasteiger partial charge < -0.3 is 11.5 Å². The van der Waals surface area contributed by atoms with Crippen molar-refractivity contribution >= 4 is 18.1 Å². The number of benzene rings is 1. The van der Waals surface area contributed by atoms with Gasteiger partial charge in [-0.25, -0.2) is 0 Å². The lowest BCUT2D eigenvalue weighted by molar-refractivity contribution is 0.327. The van der Waals surface area contributed by atoms with Crippen molar-refractivity contribution in [3.8, 4) is 0 Å². The molecule has 2 rings (SSSR count). The van der Waals surface area contributed by atoms with Crippen molar-refractivity contribution in [2.45, 2.75) is 19.0 Å². The van der Waals surface area contributed by atoms with E-state index in [2.05, 4.69) is 11.0 Å². The molecule has 84 valence electrons. The Labute approximate surface area is 96.8 Å². The fourth-order valence-electron chi connectivity index (χ4n) is 1.96.